The van der Waals surface area contributed by atoms with Crippen molar-refractivity contribution in [3.63, 3.8) is 0 Å². The van der Waals surface area contributed by atoms with Gasteiger partial charge in [-0.15, -0.1) is 0 Å². The number of hydrogen-bond donors (Lipinski definition) is 0. The lowest BCUT2D eigenvalue weighted by Gasteiger charge is -2.18. The van der Waals surface area contributed by atoms with E-state index in [2.05, 4.69) is 27.3 Å². The zero-order valence-electron chi connectivity index (χ0n) is 15.4. The highest BCUT2D eigenvalue weighted by molar-refractivity contribution is 14.1. The van der Waals surface area contributed by atoms with Crippen LogP contribution in [0.5, 0.6) is 11.5 Å². The van der Waals surface area contributed by atoms with Crippen LogP contribution in [0.25, 0.3) is 6.08 Å². The molecule has 0 bridgehead atoms. The Morgan fingerprint density at radius 3 is 2.52 bits per heavy atom. The van der Waals surface area contributed by atoms with E-state index >= 15 is 0 Å². The summed E-state index contributed by atoms with van der Waals surface area (Å²) >= 11 is 2.92. The van der Waals surface area contributed by atoms with E-state index in [0.29, 0.717) is 30.3 Å². The van der Waals surface area contributed by atoms with Crippen molar-refractivity contribution >= 4 is 57.5 Å². The molecule has 1 unspecified atom stereocenters. The molecule has 1 fully saturated rings. The smallest absolute Gasteiger partial charge is 0.328 e. The Bertz CT molecular complexity index is 794. The minimum Gasteiger partial charge on any atom is -0.490 e. The molecule has 1 heterocycles. The van der Waals surface area contributed by atoms with E-state index in [0.717, 1.165) is 20.2 Å². The van der Waals surface area contributed by atoms with E-state index in [-0.39, 0.29) is 4.91 Å². The molecule has 27 heavy (non-hydrogen) atoms. The number of benzene rings is 1. The second kappa shape index (κ2) is 9.45. The highest BCUT2D eigenvalue weighted by atomic mass is 127. The molecule has 0 aromatic heterocycles. The number of ether oxygens (including phenoxy) is 3. The van der Waals surface area contributed by atoms with Crippen molar-refractivity contribution in [3.8, 4) is 11.5 Å². The van der Waals surface area contributed by atoms with Gasteiger partial charge >= 0.3 is 5.97 Å². The SMILES string of the molecule is CCOc1cc(C=C2SC(=O)N(C(C)C(=O)OC)C2=O)cc(I)c1OCC. The van der Waals surface area contributed by atoms with E-state index in [1.54, 1.807) is 12.1 Å². The molecule has 1 saturated heterocycles. The molecule has 0 aliphatic carbocycles. The minimum absolute atomic E-state index is 0.234. The van der Waals surface area contributed by atoms with Crippen LogP contribution in [0.4, 0.5) is 4.79 Å². The van der Waals surface area contributed by atoms with E-state index in [9.17, 15) is 14.4 Å². The van der Waals surface area contributed by atoms with Crippen molar-refractivity contribution in [1.29, 1.82) is 0 Å². The molecule has 2 amide bonds. The number of methoxy groups -OCH3 is 1. The predicted molar refractivity (Wildman–Crippen MR) is 111 cm³/mol. The van der Waals surface area contributed by atoms with Crippen LogP contribution in [0.1, 0.15) is 26.3 Å². The molecular formula is C18H20INO6S. The Kier molecular flexibility index (Phi) is 7.54. The Hall–Kier alpha value is -1.75. The fourth-order valence-corrected chi connectivity index (χ4v) is 4.15. The second-order valence-corrected chi connectivity index (χ2v) is 7.60. The maximum absolute atomic E-state index is 12.6. The van der Waals surface area contributed by atoms with Crippen molar-refractivity contribution in [2.24, 2.45) is 0 Å². The van der Waals surface area contributed by atoms with Crippen LogP contribution >= 0.6 is 34.4 Å². The third-order valence-corrected chi connectivity index (χ3v) is 5.36. The molecule has 1 aromatic rings. The molecule has 2 rings (SSSR count). The molecule has 1 atom stereocenters. The van der Waals surface area contributed by atoms with Gasteiger partial charge in [0.05, 0.1) is 28.8 Å². The van der Waals surface area contributed by atoms with Crippen molar-refractivity contribution < 1.29 is 28.6 Å². The fourth-order valence-electron chi connectivity index (χ4n) is 2.46. The number of rotatable bonds is 7. The lowest BCUT2D eigenvalue weighted by molar-refractivity contribution is -0.148. The first-order chi connectivity index (χ1) is 12.8. The summed E-state index contributed by atoms with van der Waals surface area (Å²) in [6.07, 6.45) is 1.61. The largest absolute Gasteiger partial charge is 0.490 e. The third kappa shape index (κ3) is 4.75. The van der Waals surface area contributed by atoms with Crippen LogP contribution in [0, 0.1) is 3.57 Å². The third-order valence-electron chi connectivity index (χ3n) is 3.67. The first kappa shape index (κ1) is 21.5. The molecule has 1 aliphatic rings. The summed E-state index contributed by atoms with van der Waals surface area (Å²) in [7, 11) is 1.21. The van der Waals surface area contributed by atoms with Gasteiger partial charge in [0.15, 0.2) is 11.5 Å². The summed E-state index contributed by atoms with van der Waals surface area (Å²) in [5.41, 5.74) is 0.697. The Morgan fingerprint density at radius 1 is 1.26 bits per heavy atom. The van der Waals surface area contributed by atoms with Gasteiger partial charge in [-0.25, -0.2) is 4.79 Å². The summed E-state index contributed by atoms with van der Waals surface area (Å²) in [5.74, 6) is 0.0433. The van der Waals surface area contributed by atoms with Crippen molar-refractivity contribution in [2.75, 3.05) is 20.3 Å². The van der Waals surface area contributed by atoms with Crippen molar-refractivity contribution in [3.05, 3.63) is 26.2 Å². The number of imide groups is 1. The maximum atomic E-state index is 12.6. The fraction of sp³-hybridized carbons (Fsp3) is 0.389. The predicted octanol–water partition coefficient (Wildman–Crippen LogP) is 3.69. The van der Waals surface area contributed by atoms with Crippen LogP contribution in [-0.2, 0) is 14.3 Å². The molecule has 7 nitrogen and oxygen atoms in total. The molecule has 0 saturated carbocycles. The van der Waals surface area contributed by atoms with Gasteiger partial charge in [0.1, 0.15) is 6.04 Å². The number of amides is 2. The van der Waals surface area contributed by atoms with E-state index in [1.165, 1.54) is 14.0 Å². The standard InChI is InChI=1S/C18H20INO6S/c1-5-25-13-8-11(7-12(19)15(13)26-6-2)9-14-16(21)20(18(23)27-14)10(3)17(22)24-4/h7-10H,5-6H2,1-4H3. The zero-order chi connectivity index (χ0) is 20.1. The van der Waals surface area contributed by atoms with Gasteiger partial charge in [-0.2, -0.15) is 0 Å². The Labute approximate surface area is 175 Å². The Morgan fingerprint density at radius 2 is 1.93 bits per heavy atom. The summed E-state index contributed by atoms with van der Waals surface area (Å²) in [6.45, 7) is 6.18. The van der Waals surface area contributed by atoms with Gasteiger partial charge in [0.25, 0.3) is 11.1 Å². The molecule has 0 radical (unpaired) electrons. The minimum atomic E-state index is -0.979. The van der Waals surface area contributed by atoms with E-state index in [4.69, 9.17) is 9.47 Å². The van der Waals surface area contributed by atoms with E-state index < -0.39 is 23.2 Å². The van der Waals surface area contributed by atoms with Gasteiger partial charge < -0.3 is 14.2 Å². The normalized spacial score (nSPS) is 16.6. The number of carbonyl (C=O) groups is 3. The number of thioether (sulfide) groups is 1. The summed E-state index contributed by atoms with van der Waals surface area (Å²) < 4.78 is 16.7. The van der Waals surface area contributed by atoms with Crippen LogP contribution in [0.3, 0.4) is 0 Å². The summed E-state index contributed by atoms with van der Waals surface area (Å²) in [5, 5.41) is -0.505. The Balaban J connectivity index is 2.37. The maximum Gasteiger partial charge on any atom is 0.328 e. The average molecular weight is 505 g/mol. The number of hydrogen-bond acceptors (Lipinski definition) is 7. The molecule has 0 N–H and O–H groups in total. The lowest BCUT2D eigenvalue weighted by atomic mass is 10.1. The summed E-state index contributed by atoms with van der Waals surface area (Å²) in [6, 6.07) is 2.62. The number of halogens is 1. The van der Waals surface area contributed by atoms with Gasteiger partial charge in [-0.1, -0.05) is 0 Å². The lowest BCUT2D eigenvalue weighted by Crippen LogP contribution is -2.42. The average Bonchev–Trinajstić information content (AvgIpc) is 2.90. The zero-order valence-corrected chi connectivity index (χ0v) is 18.4. The highest BCUT2D eigenvalue weighted by Crippen LogP contribution is 2.38. The first-order valence-corrected chi connectivity index (χ1v) is 10.2. The molecule has 9 heteroatoms. The van der Waals surface area contributed by atoms with Crippen LogP contribution < -0.4 is 9.47 Å². The van der Waals surface area contributed by atoms with Crippen LogP contribution in [0.15, 0.2) is 17.0 Å². The highest BCUT2D eigenvalue weighted by Gasteiger charge is 2.41. The number of carbonyl (C=O) groups excluding carboxylic acids is 3. The van der Waals surface area contributed by atoms with Gasteiger partial charge in [-0.3, -0.25) is 14.5 Å². The molecule has 146 valence electrons. The van der Waals surface area contributed by atoms with E-state index in [1.807, 2.05) is 19.9 Å². The van der Waals surface area contributed by atoms with Gasteiger partial charge in [0, 0.05) is 0 Å². The molecular weight excluding hydrogens is 485 g/mol. The first-order valence-electron chi connectivity index (χ1n) is 8.28. The van der Waals surface area contributed by atoms with Gasteiger partial charge in [-0.05, 0) is 78.9 Å². The van der Waals surface area contributed by atoms with Crippen LogP contribution in [-0.4, -0.2) is 48.4 Å². The summed E-state index contributed by atoms with van der Waals surface area (Å²) in [4.78, 5) is 37.6. The molecule has 1 aliphatic heterocycles. The second-order valence-electron chi connectivity index (χ2n) is 5.45. The molecule has 1 aromatic carbocycles. The quantitative estimate of drug-likeness (QED) is 0.318. The monoisotopic (exact) mass is 505 g/mol. The number of nitrogens with zero attached hydrogens (tertiary/aromatic N) is 1. The van der Waals surface area contributed by atoms with Gasteiger partial charge in [0.2, 0.25) is 0 Å². The van der Waals surface area contributed by atoms with Crippen LogP contribution in [0.2, 0.25) is 0 Å². The molecule has 0 spiro atoms. The van der Waals surface area contributed by atoms with Crippen molar-refractivity contribution in [1.82, 2.24) is 4.90 Å². The number of esters is 1. The van der Waals surface area contributed by atoms with Crippen molar-refractivity contribution in [2.45, 2.75) is 26.8 Å². The topological polar surface area (TPSA) is 82.1 Å².